The van der Waals surface area contributed by atoms with E-state index >= 15 is 0 Å². The molecule has 0 fully saturated rings. The van der Waals surface area contributed by atoms with E-state index in [1.54, 1.807) is 0 Å². The largest absolute Gasteiger partial charge is 0.443 e. The maximum Gasteiger partial charge on any atom is 0.262 e. The van der Waals surface area contributed by atoms with Crippen molar-refractivity contribution in [3.8, 4) is 22.6 Å². The molecule has 62 heavy (non-hydrogen) atoms. The van der Waals surface area contributed by atoms with Crippen molar-refractivity contribution in [2.45, 2.75) is 186 Å². The Bertz CT molecular complexity index is 1950. The lowest BCUT2D eigenvalue weighted by Gasteiger charge is -2.40. The minimum absolute atomic E-state index is 0.00102. The smallest absolute Gasteiger partial charge is 0.262 e. The van der Waals surface area contributed by atoms with Crippen molar-refractivity contribution in [2.75, 3.05) is 0 Å². The molecular weight excluding hydrogens is 799 g/mol. The molecule has 0 heterocycles. The topological polar surface area (TPSA) is 58.9 Å². The highest BCUT2D eigenvalue weighted by atomic mass is 31.2. The maximum atomic E-state index is 12.2. The van der Waals surface area contributed by atoms with Gasteiger partial charge in [0.05, 0.1) is 0 Å². The number of hydrogen-bond acceptors (Lipinski definition) is 4. The Morgan fingerprint density at radius 3 is 0.887 bits per heavy atom. The molecule has 4 aromatic carbocycles. The van der Waals surface area contributed by atoms with Gasteiger partial charge in [0, 0.05) is 32.9 Å². The first-order valence-corrected chi connectivity index (χ1v) is 25.3. The molecule has 2 N–H and O–H groups in total. The molecule has 4 rings (SSSR count). The van der Waals surface area contributed by atoms with Crippen LogP contribution in [0.5, 0.6) is 11.5 Å². The quantitative estimate of drug-likeness (QED) is 0.117. The molecular formula is C56H84O4P2. The van der Waals surface area contributed by atoms with Crippen LogP contribution in [0, 0.1) is 21.7 Å². The highest BCUT2D eigenvalue weighted by molar-refractivity contribution is 7.55. The molecule has 0 aliphatic carbocycles. The standard InChI is InChI=1S/C56H84O4P2/c1-49(2,3)35-53(13,14)39-31-43(47(59-61(57)41-27-23-21-24-28-41)45(33-39)55(17,18)37-51(7,8)9)44-32-40(54(15,16)36-50(4,5)6)34-46(56(19,20)38-52(10,11)12)48(44)60-62(58)42-29-25-22-26-30-42/h21-34,57-58H,35-38H2,1-20H3. The lowest BCUT2D eigenvalue weighted by Crippen LogP contribution is -2.29. The van der Waals surface area contributed by atoms with Crippen LogP contribution >= 0.6 is 16.8 Å². The summed E-state index contributed by atoms with van der Waals surface area (Å²) in [6.45, 7) is 46.5. The molecule has 2 atom stereocenters. The summed E-state index contributed by atoms with van der Waals surface area (Å²) in [6.07, 6.45) is 3.68. The van der Waals surface area contributed by atoms with Crippen LogP contribution in [0.2, 0.25) is 0 Å². The fraction of sp³-hybridized carbons (Fsp3) is 0.571. The molecule has 0 aliphatic heterocycles. The summed E-state index contributed by atoms with van der Waals surface area (Å²) < 4.78 is 14.3. The fourth-order valence-corrected chi connectivity index (χ4v) is 12.5. The zero-order valence-corrected chi connectivity index (χ0v) is 44.3. The summed E-state index contributed by atoms with van der Waals surface area (Å²) in [5, 5.41) is 1.49. The first kappa shape index (κ1) is 51.9. The first-order chi connectivity index (χ1) is 28.0. The van der Waals surface area contributed by atoms with Gasteiger partial charge in [-0.3, -0.25) is 0 Å². The van der Waals surface area contributed by atoms with Crippen LogP contribution in [-0.4, -0.2) is 9.79 Å². The average Bonchev–Trinajstić information content (AvgIpc) is 3.08. The molecule has 0 aliphatic rings. The molecule has 0 bridgehead atoms. The number of hydrogen-bond donors (Lipinski definition) is 2. The zero-order valence-electron chi connectivity index (χ0n) is 42.5. The molecule has 0 aromatic heterocycles. The molecule has 0 radical (unpaired) electrons. The van der Waals surface area contributed by atoms with Gasteiger partial charge in [0.2, 0.25) is 0 Å². The highest BCUT2D eigenvalue weighted by Gasteiger charge is 2.40. The van der Waals surface area contributed by atoms with Gasteiger partial charge in [0.1, 0.15) is 11.5 Å². The van der Waals surface area contributed by atoms with Crippen LogP contribution < -0.4 is 19.7 Å². The molecule has 6 heteroatoms. The highest BCUT2D eigenvalue weighted by Crippen LogP contribution is 2.56. The van der Waals surface area contributed by atoms with E-state index in [1.807, 2.05) is 60.7 Å². The van der Waals surface area contributed by atoms with Crippen LogP contribution in [0.3, 0.4) is 0 Å². The van der Waals surface area contributed by atoms with Crippen LogP contribution in [0.25, 0.3) is 11.1 Å². The monoisotopic (exact) mass is 883 g/mol. The third kappa shape index (κ3) is 14.1. The normalized spacial score (nSPS) is 14.7. The first-order valence-electron chi connectivity index (χ1n) is 22.8. The summed E-state index contributed by atoms with van der Waals surface area (Å²) in [5.41, 5.74) is 5.24. The summed E-state index contributed by atoms with van der Waals surface area (Å²) in [5.74, 6) is 1.34. The van der Waals surface area contributed by atoms with Gasteiger partial charge < -0.3 is 18.8 Å². The predicted molar refractivity (Wildman–Crippen MR) is 272 cm³/mol. The van der Waals surface area contributed by atoms with Crippen molar-refractivity contribution in [1.82, 2.24) is 0 Å². The van der Waals surface area contributed by atoms with Gasteiger partial charge in [0.25, 0.3) is 16.8 Å². The Kier molecular flexibility index (Phi) is 15.6. The lowest BCUT2D eigenvalue weighted by molar-refractivity contribution is 0.275. The van der Waals surface area contributed by atoms with E-state index in [0.717, 1.165) is 58.5 Å². The van der Waals surface area contributed by atoms with Gasteiger partial charge >= 0.3 is 0 Å². The third-order valence-electron chi connectivity index (χ3n) is 11.7. The molecule has 0 saturated carbocycles. The average molecular weight is 883 g/mol. The maximum absolute atomic E-state index is 12.2. The van der Waals surface area contributed by atoms with Gasteiger partial charge in [-0.2, -0.15) is 0 Å². The molecule has 2 unspecified atom stereocenters. The van der Waals surface area contributed by atoms with E-state index in [-0.39, 0.29) is 43.3 Å². The molecule has 4 nitrogen and oxygen atoms in total. The van der Waals surface area contributed by atoms with E-state index < -0.39 is 16.8 Å². The Morgan fingerprint density at radius 1 is 0.371 bits per heavy atom. The molecule has 342 valence electrons. The summed E-state index contributed by atoms with van der Waals surface area (Å²) in [7, 11) is -4.12. The van der Waals surface area contributed by atoms with Gasteiger partial charge in [0.15, 0.2) is 0 Å². The van der Waals surface area contributed by atoms with Gasteiger partial charge in [-0.15, -0.1) is 0 Å². The Hall–Kier alpha value is -2.74. The minimum Gasteiger partial charge on any atom is -0.443 e. The van der Waals surface area contributed by atoms with E-state index in [9.17, 15) is 9.79 Å². The Balaban J connectivity index is 2.35. The van der Waals surface area contributed by atoms with Gasteiger partial charge in [-0.05, 0) is 117 Å². The van der Waals surface area contributed by atoms with Crippen molar-refractivity contribution < 1.29 is 18.8 Å². The summed E-state index contributed by atoms with van der Waals surface area (Å²) in [6, 6.07) is 29.0. The summed E-state index contributed by atoms with van der Waals surface area (Å²) >= 11 is 0. The van der Waals surface area contributed by atoms with E-state index in [4.69, 9.17) is 9.05 Å². The number of benzene rings is 4. The Labute approximate surface area is 381 Å². The van der Waals surface area contributed by atoms with E-state index in [0.29, 0.717) is 11.5 Å². The van der Waals surface area contributed by atoms with Crippen molar-refractivity contribution in [2.24, 2.45) is 21.7 Å². The van der Waals surface area contributed by atoms with Crippen LogP contribution in [0.1, 0.15) is 186 Å². The zero-order chi connectivity index (χ0) is 47.1. The van der Waals surface area contributed by atoms with Crippen LogP contribution in [-0.2, 0) is 21.7 Å². The van der Waals surface area contributed by atoms with E-state index in [2.05, 4.69) is 163 Å². The molecule has 0 saturated heterocycles. The minimum atomic E-state index is -2.06. The van der Waals surface area contributed by atoms with Crippen LogP contribution in [0.4, 0.5) is 0 Å². The molecule has 0 amide bonds. The predicted octanol–water partition coefficient (Wildman–Crippen LogP) is 16.2. The van der Waals surface area contributed by atoms with Gasteiger partial charge in [-0.25, -0.2) is 0 Å². The van der Waals surface area contributed by atoms with Crippen molar-refractivity contribution >= 4 is 27.4 Å². The third-order valence-corrected chi connectivity index (χ3v) is 13.9. The second-order valence-electron chi connectivity index (χ2n) is 25.7. The molecule has 4 aromatic rings. The van der Waals surface area contributed by atoms with Gasteiger partial charge in [-0.1, -0.05) is 187 Å². The SMILES string of the molecule is CC(C)(C)CC(C)(C)c1cc(-c2cc(C(C)(C)CC(C)(C)C)cc(C(C)(C)CC(C)(C)C)c2OP(O)c2ccccc2)c(OP(O)c2ccccc2)c(C(C)(C)CC(C)(C)C)c1. The van der Waals surface area contributed by atoms with Crippen LogP contribution in [0.15, 0.2) is 84.9 Å². The number of rotatable bonds is 15. The second-order valence-corrected chi connectivity index (χ2v) is 28.2. The van der Waals surface area contributed by atoms with Crippen molar-refractivity contribution in [1.29, 1.82) is 0 Å². The molecule has 0 spiro atoms. The lowest BCUT2D eigenvalue weighted by atomic mass is 9.66. The second kappa shape index (κ2) is 18.6. The fourth-order valence-electron chi connectivity index (χ4n) is 10.7. The summed E-state index contributed by atoms with van der Waals surface area (Å²) in [4.78, 5) is 24.4. The van der Waals surface area contributed by atoms with E-state index in [1.165, 1.54) is 11.1 Å². The Morgan fingerprint density at radius 2 is 0.629 bits per heavy atom. The van der Waals surface area contributed by atoms with Crippen molar-refractivity contribution in [3.05, 3.63) is 107 Å². The van der Waals surface area contributed by atoms with Crippen molar-refractivity contribution in [3.63, 3.8) is 0 Å².